The largest absolute Gasteiger partial charge is 0.449 e. The third kappa shape index (κ3) is 4.72. The Morgan fingerprint density at radius 1 is 0.868 bits per heavy atom. The minimum Gasteiger partial charge on any atom is -0.449 e. The fourth-order valence-corrected chi connectivity index (χ4v) is 4.74. The molecule has 5 rings (SSSR count). The monoisotopic (exact) mass is 520 g/mol. The topological polar surface area (TPSA) is 102 Å². The second kappa shape index (κ2) is 9.70. The fraction of sp³-hybridized carbons (Fsp3) is 0.214. The lowest BCUT2D eigenvalue weighted by atomic mass is 9.98. The number of ether oxygens (including phenoxy) is 1. The van der Waals surface area contributed by atoms with Crippen LogP contribution in [-0.4, -0.2) is 47.5 Å². The van der Waals surface area contributed by atoms with Crippen LogP contribution in [0.3, 0.4) is 0 Å². The minimum absolute atomic E-state index is 0.00664. The number of carbonyl (C=O) groups excluding carboxylic acids is 4. The van der Waals surface area contributed by atoms with Gasteiger partial charge in [0.1, 0.15) is 12.6 Å². The van der Waals surface area contributed by atoms with Gasteiger partial charge in [-0.1, -0.05) is 65.7 Å². The SMILES string of the molecule is CC(F)(F)CC(NC(=O)OCC1c2ccccc2-c2ccccc21)C(=O)ON1C(=O)c2ccccc2C1=O. The third-order valence-corrected chi connectivity index (χ3v) is 6.42. The first-order valence-corrected chi connectivity index (χ1v) is 11.8. The van der Waals surface area contributed by atoms with Gasteiger partial charge in [0.05, 0.1) is 11.1 Å². The Kier molecular flexibility index (Phi) is 6.40. The summed E-state index contributed by atoms with van der Waals surface area (Å²) in [5.74, 6) is -6.91. The molecule has 0 saturated carbocycles. The Morgan fingerprint density at radius 3 is 1.84 bits per heavy atom. The number of carbonyl (C=O) groups is 4. The first-order valence-electron chi connectivity index (χ1n) is 11.8. The van der Waals surface area contributed by atoms with Crippen molar-refractivity contribution >= 4 is 23.9 Å². The highest BCUT2D eigenvalue weighted by molar-refractivity contribution is 6.20. The summed E-state index contributed by atoms with van der Waals surface area (Å²) in [6.45, 7) is 0.456. The van der Waals surface area contributed by atoms with Crippen molar-refractivity contribution in [2.24, 2.45) is 0 Å². The molecule has 0 saturated heterocycles. The molecule has 0 fully saturated rings. The summed E-state index contributed by atoms with van der Waals surface area (Å²) in [6.07, 6.45) is -2.26. The summed E-state index contributed by atoms with van der Waals surface area (Å²) in [5, 5.41) is 2.31. The number of imide groups is 1. The van der Waals surface area contributed by atoms with E-state index in [-0.39, 0.29) is 28.7 Å². The standard InChI is InChI=1S/C28H22F2N2O6/c1-28(29,30)14-23(26(35)38-32-24(33)20-12-6-7-13-21(20)25(32)34)31-27(36)37-15-22-18-10-4-2-8-16(18)17-9-3-5-11-19(17)22/h2-13,22-23H,14-15H2,1H3,(H,31,36). The van der Waals surface area contributed by atoms with E-state index in [1.54, 1.807) is 0 Å². The maximum atomic E-state index is 13.9. The van der Waals surface area contributed by atoms with Crippen LogP contribution in [0.5, 0.6) is 0 Å². The van der Waals surface area contributed by atoms with Gasteiger partial charge in [-0.15, -0.1) is 0 Å². The van der Waals surface area contributed by atoms with E-state index in [9.17, 15) is 28.0 Å². The number of nitrogens with one attached hydrogen (secondary N) is 1. The van der Waals surface area contributed by atoms with Crippen LogP contribution in [0.2, 0.25) is 0 Å². The number of fused-ring (bicyclic) bond motifs is 4. The van der Waals surface area contributed by atoms with Crippen LogP contribution in [0.1, 0.15) is 51.1 Å². The molecule has 0 bridgehead atoms. The molecule has 38 heavy (non-hydrogen) atoms. The van der Waals surface area contributed by atoms with Gasteiger partial charge in [-0.05, 0) is 41.3 Å². The maximum Gasteiger partial charge on any atom is 0.407 e. The van der Waals surface area contributed by atoms with Crippen molar-refractivity contribution in [2.45, 2.75) is 31.2 Å². The zero-order valence-corrected chi connectivity index (χ0v) is 20.1. The molecule has 0 aromatic heterocycles. The van der Waals surface area contributed by atoms with Crippen LogP contribution < -0.4 is 5.32 Å². The lowest BCUT2D eigenvalue weighted by molar-refractivity contribution is -0.173. The van der Waals surface area contributed by atoms with Gasteiger partial charge in [0.15, 0.2) is 0 Å². The average molecular weight is 520 g/mol. The van der Waals surface area contributed by atoms with Gasteiger partial charge in [-0.2, -0.15) is 0 Å². The van der Waals surface area contributed by atoms with E-state index in [2.05, 4.69) is 5.32 Å². The van der Waals surface area contributed by atoms with Crippen LogP contribution in [-0.2, 0) is 14.4 Å². The predicted molar refractivity (Wildman–Crippen MR) is 130 cm³/mol. The summed E-state index contributed by atoms with van der Waals surface area (Å²) in [6, 6.07) is 19.2. The highest BCUT2D eigenvalue weighted by Crippen LogP contribution is 2.44. The molecule has 0 radical (unpaired) electrons. The van der Waals surface area contributed by atoms with Crippen molar-refractivity contribution in [2.75, 3.05) is 6.61 Å². The van der Waals surface area contributed by atoms with E-state index in [0.717, 1.165) is 22.3 Å². The van der Waals surface area contributed by atoms with Crippen molar-refractivity contribution in [3.05, 3.63) is 95.1 Å². The van der Waals surface area contributed by atoms with Gasteiger partial charge in [0, 0.05) is 12.3 Å². The molecular formula is C28H22F2N2O6. The molecule has 1 aliphatic heterocycles. The smallest absolute Gasteiger partial charge is 0.407 e. The van der Waals surface area contributed by atoms with E-state index < -0.39 is 42.3 Å². The Labute approximate surface area is 216 Å². The van der Waals surface area contributed by atoms with Crippen LogP contribution in [0.25, 0.3) is 11.1 Å². The molecule has 8 nitrogen and oxygen atoms in total. The van der Waals surface area contributed by atoms with Gasteiger partial charge < -0.3 is 14.9 Å². The van der Waals surface area contributed by atoms with Crippen LogP contribution in [0.15, 0.2) is 72.8 Å². The quantitative estimate of drug-likeness (QED) is 0.454. The second-order valence-electron chi connectivity index (χ2n) is 9.16. The zero-order valence-electron chi connectivity index (χ0n) is 20.1. The number of hydrogen-bond donors (Lipinski definition) is 1. The molecule has 10 heteroatoms. The number of halogens is 2. The third-order valence-electron chi connectivity index (χ3n) is 6.42. The van der Waals surface area contributed by atoms with Crippen molar-refractivity contribution in [3.63, 3.8) is 0 Å². The first kappa shape index (κ1) is 25.1. The number of benzene rings is 3. The molecule has 3 aromatic rings. The number of alkyl carbamates (subject to hydrolysis) is 1. The maximum absolute atomic E-state index is 13.9. The average Bonchev–Trinajstić information content (AvgIpc) is 3.34. The molecule has 1 unspecified atom stereocenters. The molecule has 1 heterocycles. The minimum atomic E-state index is -3.39. The Morgan fingerprint density at radius 2 is 1.34 bits per heavy atom. The summed E-state index contributed by atoms with van der Waals surface area (Å²) >= 11 is 0. The number of rotatable bonds is 7. The van der Waals surface area contributed by atoms with Crippen LogP contribution in [0.4, 0.5) is 13.6 Å². The molecule has 3 amide bonds. The van der Waals surface area contributed by atoms with Crippen LogP contribution in [0, 0.1) is 0 Å². The Hall–Kier alpha value is -4.60. The van der Waals surface area contributed by atoms with E-state index >= 15 is 0 Å². The highest BCUT2D eigenvalue weighted by atomic mass is 19.3. The molecule has 1 aliphatic carbocycles. The van der Waals surface area contributed by atoms with Crippen molar-refractivity contribution in [1.29, 1.82) is 0 Å². The Balaban J connectivity index is 1.27. The van der Waals surface area contributed by atoms with E-state index in [4.69, 9.17) is 9.57 Å². The normalized spacial score (nSPS) is 15.0. The number of amides is 3. The van der Waals surface area contributed by atoms with Gasteiger partial charge in [-0.25, -0.2) is 18.4 Å². The molecule has 194 valence electrons. The van der Waals surface area contributed by atoms with Crippen molar-refractivity contribution < 1.29 is 37.5 Å². The van der Waals surface area contributed by atoms with E-state index in [1.165, 1.54) is 24.3 Å². The number of hydrogen-bond acceptors (Lipinski definition) is 6. The van der Waals surface area contributed by atoms with Crippen molar-refractivity contribution in [3.8, 4) is 11.1 Å². The van der Waals surface area contributed by atoms with Crippen LogP contribution >= 0.6 is 0 Å². The second-order valence-corrected chi connectivity index (χ2v) is 9.16. The molecule has 2 aliphatic rings. The summed E-state index contributed by atoms with van der Waals surface area (Å²) in [5.41, 5.74) is 3.92. The lowest BCUT2D eigenvalue weighted by Gasteiger charge is -2.22. The number of nitrogens with zero attached hydrogens (tertiary/aromatic N) is 1. The predicted octanol–water partition coefficient (Wildman–Crippen LogP) is 4.69. The number of alkyl halides is 2. The molecule has 0 spiro atoms. The van der Waals surface area contributed by atoms with E-state index in [0.29, 0.717) is 6.92 Å². The Bertz CT molecular complexity index is 1370. The molecule has 3 aromatic carbocycles. The van der Waals surface area contributed by atoms with Gasteiger partial charge in [0.25, 0.3) is 11.8 Å². The van der Waals surface area contributed by atoms with Gasteiger partial charge >= 0.3 is 12.1 Å². The lowest BCUT2D eigenvalue weighted by Crippen LogP contribution is -2.48. The number of hydroxylamine groups is 2. The van der Waals surface area contributed by atoms with Gasteiger partial charge in [0.2, 0.25) is 5.92 Å². The summed E-state index contributed by atoms with van der Waals surface area (Å²) in [7, 11) is 0. The molecular weight excluding hydrogens is 498 g/mol. The summed E-state index contributed by atoms with van der Waals surface area (Å²) in [4.78, 5) is 55.3. The summed E-state index contributed by atoms with van der Waals surface area (Å²) < 4.78 is 33.1. The molecule has 1 N–H and O–H groups in total. The van der Waals surface area contributed by atoms with E-state index in [1.807, 2.05) is 48.5 Å². The van der Waals surface area contributed by atoms with Gasteiger partial charge in [-0.3, -0.25) is 9.59 Å². The zero-order chi connectivity index (χ0) is 27.0. The highest BCUT2D eigenvalue weighted by Gasteiger charge is 2.42. The first-order chi connectivity index (χ1) is 18.1. The fourth-order valence-electron chi connectivity index (χ4n) is 4.74. The molecule has 1 atom stereocenters. The van der Waals surface area contributed by atoms with Crippen molar-refractivity contribution in [1.82, 2.24) is 10.4 Å².